The molecule has 21 heavy (non-hydrogen) atoms. The third-order valence-electron chi connectivity index (χ3n) is 3.48. The minimum Gasteiger partial charge on any atom is -0.497 e. The summed E-state index contributed by atoms with van der Waals surface area (Å²) in [5.74, 6) is 2.30. The molecule has 0 atom stereocenters. The quantitative estimate of drug-likeness (QED) is 0.852. The number of rotatable bonds is 7. The van der Waals surface area contributed by atoms with Crippen LogP contribution in [0.15, 0.2) is 24.3 Å². The maximum atomic E-state index is 5.83. The van der Waals surface area contributed by atoms with Crippen molar-refractivity contribution >= 4 is 11.3 Å². The number of nitrogens with zero attached hydrogens (tertiary/aromatic N) is 1. The lowest BCUT2D eigenvalue weighted by atomic mass is 10.2. The van der Waals surface area contributed by atoms with Crippen molar-refractivity contribution in [2.75, 3.05) is 14.2 Å². The summed E-state index contributed by atoms with van der Waals surface area (Å²) in [7, 11) is 3.63. The summed E-state index contributed by atoms with van der Waals surface area (Å²) in [6.45, 7) is 1.41. The summed E-state index contributed by atoms with van der Waals surface area (Å²) in [6.07, 6.45) is 2.55. The zero-order chi connectivity index (χ0) is 14.7. The topological polar surface area (TPSA) is 43.4 Å². The Morgan fingerprint density at radius 3 is 2.86 bits per heavy atom. The molecule has 4 nitrogen and oxygen atoms in total. The number of benzene rings is 1. The first kappa shape index (κ1) is 14.4. The number of methoxy groups -OCH3 is 1. The molecule has 1 saturated carbocycles. The molecular weight excluding hydrogens is 284 g/mol. The van der Waals surface area contributed by atoms with E-state index in [0.717, 1.165) is 23.1 Å². The van der Waals surface area contributed by atoms with Gasteiger partial charge in [-0.2, -0.15) is 0 Å². The van der Waals surface area contributed by atoms with Crippen molar-refractivity contribution < 1.29 is 9.47 Å². The Morgan fingerprint density at radius 1 is 1.33 bits per heavy atom. The average molecular weight is 304 g/mol. The zero-order valence-corrected chi connectivity index (χ0v) is 13.2. The van der Waals surface area contributed by atoms with Crippen LogP contribution in [0.1, 0.15) is 34.3 Å². The fraction of sp³-hybridized carbons (Fsp3) is 0.438. The molecule has 0 amide bonds. The van der Waals surface area contributed by atoms with Gasteiger partial charge in [0.1, 0.15) is 23.1 Å². The number of aromatic nitrogens is 1. The molecule has 1 aromatic carbocycles. The van der Waals surface area contributed by atoms with Crippen LogP contribution in [0.3, 0.4) is 0 Å². The minimum atomic E-state index is 0.515. The van der Waals surface area contributed by atoms with Crippen LogP contribution in [0.4, 0.5) is 0 Å². The van der Waals surface area contributed by atoms with E-state index < -0.39 is 0 Å². The van der Waals surface area contributed by atoms with Crippen LogP contribution in [0.25, 0.3) is 0 Å². The van der Waals surface area contributed by atoms with Gasteiger partial charge in [0.25, 0.3) is 0 Å². The number of hydrogen-bond donors (Lipinski definition) is 1. The lowest BCUT2D eigenvalue weighted by Crippen LogP contribution is -2.05. The van der Waals surface area contributed by atoms with Gasteiger partial charge in [0, 0.05) is 23.4 Å². The van der Waals surface area contributed by atoms with E-state index in [1.165, 1.54) is 23.4 Å². The predicted octanol–water partition coefficient (Wildman–Crippen LogP) is 3.33. The van der Waals surface area contributed by atoms with Gasteiger partial charge in [-0.25, -0.2) is 4.98 Å². The van der Waals surface area contributed by atoms with E-state index in [1.807, 2.05) is 31.3 Å². The molecule has 112 valence electrons. The third kappa shape index (κ3) is 3.54. The zero-order valence-electron chi connectivity index (χ0n) is 12.4. The highest BCUT2D eigenvalue weighted by molar-refractivity contribution is 7.11. The van der Waals surface area contributed by atoms with Crippen molar-refractivity contribution in [3.8, 4) is 11.5 Å². The van der Waals surface area contributed by atoms with Gasteiger partial charge in [-0.15, -0.1) is 11.3 Å². The standard InChI is InChI=1S/C16H20N2O2S/c1-17-9-14-16(11-6-7-11)18-15(21-14)10-20-13-5-3-4-12(8-13)19-2/h3-5,8,11,17H,6-7,9-10H2,1-2H3. The average Bonchev–Trinajstić information content (AvgIpc) is 3.28. The first-order chi connectivity index (χ1) is 10.3. The Hall–Kier alpha value is -1.59. The van der Waals surface area contributed by atoms with Crippen molar-refractivity contribution in [2.45, 2.75) is 31.9 Å². The highest BCUT2D eigenvalue weighted by Crippen LogP contribution is 2.42. The Morgan fingerprint density at radius 2 is 2.14 bits per heavy atom. The van der Waals surface area contributed by atoms with Gasteiger partial charge in [0.15, 0.2) is 0 Å². The molecule has 5 heteroatoms. The molecule has 0 radical (unpaired) electrons. The minimum absolute atomic E-state index is 0.515. The van der Waals surface area contributed by atoms with Crippen molar-refractivity contribution in [3.05, 3.63) is 39.8 Å². The number of ether oxygens (including phenoxy) is 2. The number of nitrogens with one attached hydrogen (secondary N) is 1. The lowest BCUT2D eigenvalue weighted by molar-refractivity contribution is 0.303. The van der Waals surface area contributed by atoms with Crippen LogP contribution in [-0.2, 0) is 13.2 Å². The maximum Gasteiger partial charge on any atom is 0.140 e. The van der Waals surface area contributed by atoms with Crippen molar-refractivity contribution in [2.24, 2.45) is 0 Å². The van der Waals surface area contributed by atoms with Crippen LogP contribution in [0.2, 0.25) is 0 Å². The van der Waals surface area contributed by atoms with Gasteiger partial charge in [-0.1, -0.05) is 6.07 Å². The van der Waals surface area contributed by atoms with Crippen LogP contribution >= 0.6 is 11.3 Å². The van der Waals surface area contributed by atoms with Crippen LogP contribution in [0, 0.1) is 0 Å². The van der Waals surface area contributed by atoms with Gasteiger partial charge in [-0.05, 0) is 32.0 Å². The van der Waals surface area contributed by atoms with Crippen molar-refractivity contribution in [3.63, 3.8) is 0 Å². The first-order valence-corrected chi connectivity index (χ1v) is 8.01. The summed E-state index contributed by atoms with van der Waals surface area (Å²) >= 11 is 1.75. The van der Waals surface area contributed by atoms with E-state index in [-0.39, 0.29) is 0 Å². The summed E-state index contributed by atoms with van der Waals surface area (Å²) in [5, 5.41) is 4.27. The van der Waals surface area contributed by atoms with E-state index in [2.05, 4.69) is 5.32 Å². The fourth-order valence-electron chi connectivity index (χ4n) is 2.27. The number of thiazole rings is 1. The Bertz CT molecular complexity index is 608. The normalized spacial score (nSPS) is 14.2. The highest BCUT2D eigenvalue weighted by Gasteiger charge is 2.29. The molecule has 0 unspecified atom stereocenters. The van der Waals surface area contributed by atoms with Crippen molar-refractivity contribution in [1.29, 1.82) is 0 Å². The summed E-state index contributed by atoms with van der Waals surface area (Å²) in [5.41, 5.74) is 1.28. The maximum absolute atomic E-state index is 5.83. The molecule has 0 aliphatic heterocycles. The predicted molar refractivity (Wildman–Crippen MR) is 84.2 cm³/mol. The molecule has 0 spiro atoms. The van der Waals surface area contributed by atoms with Gasteiger partial charge in [0.05, 0.1) is 12.8 Å². The monoisotopic (exact) mass is 304 g/mol. The largest absolute Gasteiger partial charge is 0.497 e. The smallest absolute Gasteiger partial charge is 0.140 e. The van der Waals surface area contributed by atoms with Crippen LogP contribution < -0.4 is 14.8 Å². The molecule has 0 bridgehead atoms. The van der Waals surface area contributed by atoms with E-state index in [1.54, 1.807) is 18.4 Å². The summed E-state index contributed by atoms with van der Waals surface area (Å²) in [4.78, 5) is 6.12. The molecule has 1 aliphatic rings. The van der Waals surface area contributed by atoms with E-state index in [0.29, 0.717) is 12.5 Å². The van der Waals surface area contributed by atoms with Crippen LogP contribution in [0.5, 0.6) is 11.5 Å². The third-order valence-corrected chi connectivity index (χ3v) is 4.52. The molecule has 3 rings (SSSR count). The molecular formula is C16H20N2O2S. The summed E-state index contributed by atoms with van der Waals surface area (Å²) in [6, 6.07) is 7.67. The SMILES string of the molecule is CNCc1sc(COc2cccc(OC)c2)nc1C1CC1. The van der Waals surface area contributed by atoms with E-state index >= 15 is 0 Å². The summed E-state index contributed by atoms with van der Waals surface area (Å²) < 4.78 is 11.0. The highest BCUT2D eigenvalue weighted by atomic mass is 32.1. The first-order valence-electron chi connectivity index (χ1n) is 7.20. The van der Waals surface area contributed by atoms with Gasteiger partial charge in [-0.3, -0.25) is 0 Å². The second-order valence-corrected chi connectivity index (χ2v) is 6.36. The second-order valence-electron chi connectivity index (χ2n) is 5.19. The molecule has 0 saturated heterocycles. The second kappa shape index (κ2) is 6.45. The lowest BCUT2D eigenvalue weighted by Gasteiger charge is -2.05. The van der Waals surface area contributed by atoms with Gasteiger partial charge < -0.3 is 14.8 Å². The van der Waals surface area contributed by atoms with Gasteiger partial charge >= 0.3 is 0 Å². The van der Waals surface area contributed by atoms with E-state index in [4.69, 9.17) is 14.5 Å². The Kier molecular flexibility index (Phi) is 4.41. The molecule has 1 aromatic heterocycles. The molecule has 1 N–H and O–H groups in total. The molecule has 2 aromatic rings. The molecule has 1 heterocycles. The molecule has 1 aliphatic carbocycles. The molecule has 1 fully saturated rings. The van der Waals surface area contributed by atoms with Crippen LogP contribution in [-0.4, -0.2) is 19.1 Å². The van der Waals surface area contributed by atoms with E-state index in [9.17, 15) is 0 Å². The Balaban J connectivity index is 1.68. The fourth-order valence-corrected chi connectivity index (χ4v) is 3.35. The van der Waals surface area contributed by atoms with Gasteiger partial charge in [0.2, 0.25) is 0 Å². The Labute approximate surface area is 129 Å². The van der Waals surface area contributed by atoms with Crippen molar-refractivity contribution in [1.82, 2.24) is 10.3 Å². The number of hydrogen-bond acceptors (Lipinski definition) is 5.